The van der Waals surface area contributed by atoms with Crippen LogP contribution in [-0.2, 0) is 28.6 Å². The van der Waals surface area contributed by atoms with E-state index >= 15 is 0 Å². The molecule has 112 valence electrons. The van der Waals surface area contributed by atoms with Gasteiger partial charge < -0.3 is 14.2 Å². The fourth-order valence-corrected chi connectivity index (χ4v) is 2.53. The highest BCUT2D eigenvalue weighted by Gasteiger charge is 2.48. The molecule has 6 nitrogen and oxygen atoms in total. The maximum Gasteiger partial charge on any atom is 0.342 e. The SMILES string of the molecule is CCCC(OC(C)=O)C1=C(Br)C(C)(OC(C)=O)OC1=O. The molecule has 0 saturated heterocycles. The summed E-state index contributed by atoms with van der Waals surface area (Å²) >= 11 is 3.22. The van der Waals surface area contributed by atoms with Crippen LogP contribution in [0.15, 0.2) is 10.1 Å². The van der Waals surface area contributed by atoms with Gasteiger partial charge in [0.05, 0.1) is 10.1 Å². The van der Waals surface area contributed by atoms with Gasteiger partial charge in [-0.15, -0.1) is 0 Å². The molecular weight excluding hydrogens is 332 g/mol. The Labute approximate surface area is 125 Å². The van der Waals surface area contributed by atoms with Crippen LogP contribution >= 0.6 is 15.9 Å². The van der Waals surface area contributed by atoms with Gasteiger partial charge in [0.1, 0.15) is 6.10 Å². The van der Waals surface area contributed by atoms with Crippen LogP contribution in [0.25, 0.3) is 0 Å². The molecule has 20 heavy (non-hydrogen) atoms. The van der Waals surface area contributed by atoms with Gasteiger partial charge >= 0.3 is 17.9 Å². The van der Waals surface area contributed by atoms with Gasteiger partial charge in [-0.25, -0.2) is 4.79 Å². The Morgan fingerprint density at radius 3 is 2.40 bits per heavy atom. The summed E-state index contributed by atoms with van der Waals surface area (Å²) in [4.78, 5) is 34.2. The molecule has 1 aliphatic rings. The van der Waals surface area contributed by atoms with Crippen LogP contribution in [0.2, 0.25) is 0 Å². The summed E-state index contributed by atoms with van der Waals surface area (Å²) < 4.78 is 15.5. The number of hydrogen-bond donors (Lipinski definition) is 0. The molecular formula is C13H17BrO6. The minimum atomic E-state index is -1.51. The normalized spacial score (nSPS) is 23.4. The Morgan fingerprint density at radius 1 is 1.35 bits per heavy atom. The van der Waals surface area contributed by atoms with Gasteiger partial charge in [-0.3, -0.25) is 9.59 Å². The van der Waals surface area contributed by atoms with E-state index in [1.165, 1.54) is 20.8 Å². The third kappa shape index (κ3) is 3.59. The first-order valence-corrected chi connectivity index (χ1v) is 7.00. The fourth-order valence-electron chi connectivity index (χ4n) is 1.95. The number of carbonyl (C=O) groups is 3. The van der Waals surface area contributed by atoms with Crippen LogP contribution in [0.4, 0.5) is 0 Å². The fraction of sp³-hybridized carbons (Fsp3) is 0.615. The van der Waals surface area contributed by atoms with Crippen molar-refractivity contribution in [3.63, 3.8) is 0 Å². The van der Waals surface area contributed by atoms with E-state index in [1.807, 2.05) is 6.92 Å². The first-order chi connectivity index (χ1) is 9.21. The summed E-state index contributed by atoms with van der Waals surface area (Å²) in [5.74, 6) is -3.26. The average molecular weight is 349 g/mol. The lowest BCUT2D eigenvalue weighted by atomic mass is 10.0. The smallest absolute Gasteiger partial charge is 0.342 e. The zero-order chi connectivity index (χ0) is 15.5. The number of carbonyl (C=O) groups excluding carboxylic acids is 3. The molecule has 0 aromatic rings. The molecule has 0 aromatic heterocycles. The van der Waals surface area contributed by atoms with Crippen LogP contribution in [0.1, 0.15) is 40.5 Å². The maximum atomic E-state index is 12.0. The zero-order valence-electron chi connectivity index (χ0n) is 11.8. The van der Waals surface area contributed by atoms with Gasteiger partial charge in [0.15, 0.2) is 0 Å². The molecule has 1 rings (SSSR count). The summed E-state index contributed by atoms with van der Waals surface area (Å²) in [5, 5.41) is 0. The Bertz CT molecular complexity index is 469. The van der Waals surface area contributed by atoms with Crippen LogP contribution < -0.4 is 0 Å². The van der Waals surface area contributed by atoms with Crippen molar-refractivity contribution in [3.05, 3.63) is 10.1 Å². The van der Waals surface area contributed by atoms with Crippen molar-refractivity contribution in [2.45, 2.75) is 52.4 Å². The largest absolute Gasteiger partial charge is 0.457 e. The van der Waals surface area contributed by atoms with Crippen molar-refractivity contribution in [2.24, 2.45) is 0 Å². The topological polar surface area (TPSA) is 78.9 Å². The predicted molar refractivity (Wildman–Crippen MR) is 72.7 cm³/mol. The number of cyclic esters (lactones) is 1. The second-order valence-electron chi connectivity index (χ2n) is 4.54. The number of esters is 3. The lowest BCUT2D eigenvalue weighted by Crippen LogP contribution is -2.32. The third-order valence-corrected chi connectivity index (χ3v) is 3.81. The lowest BCUT2D eigenvalue weighted by Gasteiger charge is -2.22. The van der Waals surface area contributed by atoms with E-state index in [4.69, 9.17) is 14.2 Å². The van der Waals surface area contributed by atoms with E-state index < -0.39 is 29.8 Å². The minimum Gasteiger partial charge on any atom is -0.457 e. The van der Waals surface area contributed by atoms with E-state index in [0.29, 0.717) is 12.8 Å². The third-order valence-electron chi connectivity index (χ3n) is 2.66. The Morgan fingerprint density at radius 2 is 1.95 bits per heavy atom. The van der Waals surface area contributed by atoms with E-state index in [-0.39, 0.29) is 10.1 Å². The number of rotatable bonds is 5. The number of hydrogen-bond acceptors (Lipinski definition) is 6. The van der Waals surface area contributed by atoms with Crippen molar-refractivity contribution in [1.29, 1.82) is 0 Å². The van der Waals surface area contributed by atoms with Crippen molar-refractivity contribution in [3.8, 4) is 0 Å². The highest BCUT2D eigenvalue weighted by Crippen LogP contribution is 2.40. The van der Waals surface area contributed by atoms with Crippen molar-refractivity contribution in [2.75, 3.05) is 0 Å². The number of halogens is 1. The van der Waals surface area contributed by atoms with Crippen LogP contribution in [0, 0.1) is 0 Å². The zero-order valence-corrected chi connectivity index (χ0v) is 13.4. The molecule has 7 heteroatoms. The highest BCUT2D eigenvalue weighted by atomic mass is 79.9. The molecule has 1 aliphatic heterocycles. The van der Waals surface area contributed by atoms with Gasteiger partial charge in [0.2, 0.25) is 0 Å². The highest BCUT2D eigenvalue weighted by molar-refractivity contribution is 9.11. The molecule has 0 aliphatic carbocycles. The molecule has 0 radical (unpaired) electrons. The average Bonchev–Trinajstić information content (AvgIpc) is 2.47. The summed E-state index contributed by atoms with van der Waals surface area (Å²) in [6.45, 7) is 5.83. The standard InChI is InChI=1S/C13H17BrO6/c1-5-6-9(18-7(2)15)10-11(14)13(4,19-8(3)16)20-12(10)17/h9H,5-6H2,1-4H3. The predicted octanol–water partition coefficient (Wildman–Crippen LogP) is 2.20. The second kappa shape index (κ2) is 6.39. The van der Waals surface area contributed by atoms with Crippen molar-refractivity contribution in [1.82, 2.24) is 0 Å². The molecule has 2 atom stereocenters. The van der Waals surface area contributed by atoms with Gasteiger partial charge in [0, 0.05) is 20.8 Å². The van der Waals surface area contributed by atoms with Gasteiger partial charge in [-0.1, -0.05) is 13.3 Å². The molecule has 0 saturated carbocycles. The van der Waals surface area contributed by atoms with E-state index in [1.54, 1.807) is 0 Å². The molecule has 0 bridgehead atoms. The number of ether oxygens (including phenoxy) is 3. The van der Waals surface area contributed by atoms with Gasteiger partial charge in [-0.2, -0.15) is 0 Å². The van der Waals surface area contributed by atoms with Gasteiger partial charge in [-0.05, 0) is 22.4 Å². The summed E-state index contributed by atoms with van der Waals surface area (Å²) in [6, 6.07) is 0. The van der Waals surface area contributed by atoms with Crippen LogP contribution in [-0.4, -0.2) is 29.8 Å². The molecule has 2 unspecified atom stereocenters. The molecule has 0 fully saturated rings. The Balaban J connectivity index is 3.13. The Hall–Kier alpha value is -1.37. The Kier molecular flexibility index (Phi) is 5.33. The van der Waals surface area contributed by atoms with Gasteiger partial charge in [0.25, 0.3) is 5.79 Å². The molecule has 0 N–H and O–H groups in total. The minimum absolute atomic E-state index is 0.172. The quantitative estimate of drug-likeness (QED) is 0.708. The summed E-state index contributed by atoms with van der Waals surface area (Å²) in [5.41, 5.74) is 0.172. The molecule has 1 heterocycles. The molecule has 0 amide bonds. The summed E-state index contributed by atoms with van der Waals surface area (Å²) in [7, 11) is 0. The van der Waals surface area contributed by atoms with Crippen molar-refractivity contribution >= 4 is 33.8 Å². The van der Waals surface area contributed by atoms with E-state index in [2.05, 4.69) is 15.9 Å². The first-order valence-electron chi connectivity index (χ1n) is 6.21. The second-order valence-corrected chi connectivity index (χ2v) is 5.34. The summed E-state index contributed by atoms with van der Waals surface area (Å²) in [6.07, 6.45) is 0.450. The van der Waals surface area contributed by atoms with Crippen LogP contribution in [0.3, 0.4) is 0 Å². The maximum absolute atomic E-state index is 12.0. The van der Waals surface area contributed by atoms with E-state index in [0.717, 1.165) is 0 Å². The molecule has 0 aromatic carbocycles. The molecule has 0 spiro atoms. The van der Waals surface area contributed by atoms with E-state index in [9.17, 15) is 14.4 Å². The van der Waals surface area contributed by atoms with Crippen molar-refractivity contribution < 1.29 is 28.6 Å². The first kappa shape index (κ1) is 16.7. The monoisotopic (exact) mass is 348 g/mol. The van der Waals surface area contributed by atoms with Crippen LogP contribution in [0.5, 0.6) is 0 Å². The lowest BCUT2D eigenvalue weighted by molar-refractivity contribution is -0.197.